The van der Waals surface area contributed by atoms with Gasteiger partial charge in [-0.1, -0.05) is 29.3 Å². The molecule has 1 N–H and O–H groups in total. The lowest BCUT2D eigenvalue weighted by molar-refractivity contribution is 1.01. The summed E-state index contributed by atoms with van der Waals surface area (Å²) in [4.78, 5) is 3.98. The standard InChI is InChI=1S/C13H12Cl2N2/c14-11-2-1-3-12(15)13(11)17-9-6-10-4-7-16-8-5-10/h1-5,7-8,17H,6,9H2. The summed E-state index contributed by atoms with van der Waals surface area (Å²) in [6.07, 6.45) is 4.49. The zero-order chi connectivity index (χ0) is 12.1. The fourth-order valence-electron chi connectivity index (χ4n) is 1.55. The molecule has 0 amide bonds. The van der Waals surface area contributed by atoms with Crippen molar-refractivity contribution in [3.63, 3.8) is 0 Å². The first kappa shape index (κ1) is 12.2. The largest absolute Gasteiger partial charge is 0.382 e. The van der Waals surface area contributed by atoms with E-state index in [1.54, 1.807) is 12.4 Å². The Morgan fingerprint density at radius 1 is 1.00 bits per heavy atom. The van der Waals surface area contributed by atoms with Crippen LogP contribution in [0.1, 0.15) is 5.56 Å². The fraction of sp³-hybridized carbons (Fsp3) is 0.154. The van der Waals surface area contributed by atoms with Crippen LogP contribution in [0.2, 0.25) is 10.0 Å². The third-order valence-corrected chi connectivity index (χ3v) is 3.06. The predicted molar refractivity (Wildman–Crippen MR) is 72.9 cm³/mol. The Labute approximate surface area is 111 Å². The van der Waals surface area contributed by atoms with E-state index in [0.29, 0.717) is 10.0 Å². The molecule has 0 atom stereocenters. The minimum absolute atomic E-state index is 0.646. The minimum Gasteiger partial charge on any atom is -0.382 e. The number of nitrogens with one attached hydrogen (secondary N) is 1. The van der Waals surface area contributed by atoms with Gasteiger partial charge in [0.1, 0.15) is 0 Å². The second-order valence-corrected chi connectivity index (χ2v) is 4.44. The highest BCUT2D eigenvalue weighted by Crippen LogP contribution is 2.29. The normalized spacial score (nSPS) is 10.2. The first-order valence-electron chi connectivity index (χ1n) is 5.34. The molecule has 0 unspecified atom stereocenters. The van der Waals surface area contributed by atoms with E-state index in [9.17, 15) is 0 Å². The molecule has 2 rings (SSSR count). The van der Waals surface area contributed by atoms with Crippen LogP contribution in [-0.2, 0) is 6.42 Å². The summed E-state index contributed by atoms with van der Waals surface area (Å²) in [5.74, 6) is 0. The van der Waals surface area contributed by atoms with Gasteiger partial charge in [-0.05, 0) is 36.2 Å². The molecule has 1 heterocycles. The van der Waals surface area contributed by atoms with E-state index in [0.717, 1.165) is 18.7 Å². The number of para-hydroxylation sites is 1. The number of pyridine rings is 1. The molecule has 0 aliphatic rings. The Hall–Kier alpha value is -1.25. The molecule has 1 aromatic carbocycles. The van der Waals surface area contributed by atoms with Crippen molar-refractivity contribution in [2.45, 2.75) is 6.42 Å². The summed E-state index contributed by atoms with van der Waals surface area (Å²) >= 11 is 12.1. The van der Waals surface area contributed by atoms with Gasteiger partial charge in [0.15, 0.2) is 0 Å². The molecule has 1 aromatic heterocycles. The van der Waals surface area contributed by atoms with Crippen molar-refractivity contribution < 1.29 is 0 Å². The van der Waals surface area contributed by atoms with Crippen molar-refractivity contribution in [3.8, 4) is 0 Å². The van der Waals surface area contributed by atoms with Crippen LogP contribution in [0, 0.1) is 0 Å². The monoisotopic (exact) mass is 266 g/mol. The Morgan fingerprint density at radius 3 is 2.29 bits per heavy atom. The van der Waals surface area contributed by atoms with E-state index >= 15 is 0 Å². The van der Waals surface area contributed by atoms with Crippen LogP contribution in [0.25, 0.3) is 0 Å². The lowest BCUT2D eigenvalue weighted by atomic mass is 10.2. The molecular weight excluding hydrogens is 255 g/mol. The summed E-state index contributed by atoms with van der Waals surface area (Å²) in [6, 6.07) is 9.47. The third kappa shape index (κ3) is 3.35. The fourth-order valence-corrected chi connectivity index (χ4v) is 2.08. The lowest BCUT2D eigenvalue weighted by Gasteiger charge is -2.09. The van der Waals surface area contributed by atoms with Gasteiger partial charge in [0.05, 0.1) is 15.7 Å². The first-order chi connectivity index (χ1) is 8.27. The molecular formula is C13H12Cl2N2. The van der Waals surface area contributed by atoms with E-state index in [1.807, 2.05) is 30.3 Å². The molecule has 0 saturated carbocycles. The molecule has 0 aliphatic carbocycles. The van der Waals surface area contributed by atoms with Crippen LogP contribution in [-0.4, -0.2) is 11.5 Å². The first-order valence-corrected chi connectivity index (χ1v) is 6.10. The number of hydrogen-bond acceptors (Lipinski definition) is 2. The predicted octanol–water partition coefficient (Wildman–Crippen LogP) is 4.04. The highest BCUT2D eigenvalue weighted by atomic mass is 35.5. The highest BCUT2D eigenvalue weighted by Gasteiger charge is 2.03. The van der Waals surface area contributed by atoms with E-state index in [1.165, 1.54) is 5.56 Å². The third-order valence-electron chi connectivity index (χ3n) is 2.43. The summed E-state index contributed by atoms with van der Waals surface area (Å²) in [6.45, 7) is 0.785. The summed E-state index contributed by atoms with van der Waals surface area (Å²) in [7, 11) is 0. The van der Waals surface area contributed by atoms with Gasteiger partial charge < -0.3 is 5.32 Å². The Balaban J connectivity index is 1.95. The molecule has 0 spiro atoms. The number of rotatable bonds is 4. The maximum atomic E-state index is 6.05. The van der Waals surface area contributed by atoms with Crippen LogP contribution in [0.4, 0.5) is 5.69 Å². The Kier molecular flexibility index (Phi) is 4.24. The van der Waals surface area contributed by atoms with E-state index in [4.69, 9.17) is 23.2 Å². The highest BCUT2D eigenvalue weighted by molar-refractivity contribution is 6.39. The van der Waals surface area contributed by atoms with Crippen molar-refractivity contribution in [2.24, 2.45) is 0 Å². The average Bonchev–Trinajstić information content (AvgIpc) is 2.34. The van der Waals surface area contributed by atoms with Gasteiger partial charge in [0.25, 0.3) is 0 Å². The topological polar surface area (TPSA) is 24.9 Å². The molecule has 0 saturated heterocycles. The summed E-state index contributed by atoms with van der Waals surface area (Å²) in [5.41, 5.74) is 2.03. The van der Waals surface area contributed by atoms with Crippen molar-refractivity contribution >= 4 is 28.9 Å². The molecule has 88 valence electrons. The summed E-state index contributed by atoms with van der Waals surface area (Å²) in [5, 5.41) is 4.54. The van der Waals surface area contributed by atoms with E-state index in [-0.39, 0.29) is 0 Å². The lowest BCUT2D eigenvalue weighted by Crippen LogP contribution is -2.05. The van der Waals surface area contributed by atoms with Crippen LogP contribution in [0.15, 0.2) is 42.7 Å². The molecule has 2 aromatic rings. The molecule has 17 heavy (non-hydrogen) atoms. The van der Waals surface area contributed by atoms with E-state index in [2.05, 4.69) is 10.3 Å². The van der Waals surface area contributed by atoms with Gasteiger partial charge in [0.2, 0.25) is 0 Å². The van der Waals surface area contributed by atoms with Gasteiger partial charge >= 0.3 is 0 Å². The van der Waals surface area contributed by atoms with Crippen molar-refractivity contribution in [3.05, 3.63) is 58.3 Å². The van der Waals surface area contributed by atoms with Crippen LogP contribution in [0.3, 0.4) is 0 Å². The maximum Gasteiger partial charge on any atom is 0.0719 e. The molecule has 4 heteroatoms. The van der Waals surface area contributed by atoms with Gasteiger partial charge in [-0.15, -0.1) is 0 Å². The number of nitrogens with zero attached hydrogens (tertiary/aromatic N) is 1. The molecule has 0 fully saturated rings. The van der Waals surface area contributed by atoms with Crippen molar-refractivity contribution in [1.29, 1.82) is 0 Å². The molecule has 2 nitrogen and oxygen atoms in total. The number of benzene rings is 1. The summed E-state index contributed by atoms with van der Waals surface area (Å²) < 4.78 is 0. The number of halogens is 2. The van der Waals surface area contributed by atoms with E-state index < -0.39 is 0 Å². The molecule has 0 radical (unpaired) electrons. The van der Waals surface area contributed by atoms with Crippen LogP contribution < -0.4 is 5.32 Å². The second-order valence-electron chi connectivity index (χ2n) is 3.63. The Morgan fingerprint density at radius 2 is 1.65 bits per heavy atom. The van der Waals surface area contributed by atoms with Gasteiger partial charge in [-0.25, -0.2) is 0 Å². The van der Waals surface area contributed by atoms with Gasteiger partial charge in [0, 0.05) is 18.9 Å². The molecule has 0 aliphatic heterocycles. The van der Waals surface area contributed by atoms with Crippen molar-refractivity contribution in [1.82, 2.24) is 4.98 Å². The molecule has 0 bridgehead atoms. The Bertz CT molecular complexity index is 466. The SMILES string of the molecule is Clc1cccc(Cl)c1NCCc1ccncc1. The van der Waals surface area contributed by atoms with Crippen molar-refractivity contribution in [2.75, 3.05) is 11.9 Å². The number of aromatic nitrogens is 1. The average molecular weight is 267 g/mol. The second kappa shape index (κ2) is 5.89. The van der Waals surface area contributed by atoms with Crippen LogP contribution >= 0.6 is 23.2 Å². The van der Waals surface area contributed by atoms with Crippen LogP contribution in [0.5, 0.6) is 0 Å². The minimum atomic E-state index is 0.646. The maximum absolute atomic E-state index is 6.05. The van der Waals surface area contributed by atoms with Gasteiger partial charge in [-0.2, -0.15) is 0 Å². The quantitative estimate of drug-likeness (QED) is 0.904. The zero-order valence-corrected chi connectivity index (χ0v) is 10.7. The zero-order valence-electron chi connectivity index (χ0n) is 9.16. The number of anilines is 1. The number of hydrogen-bond donors (Lipinski definition) is 1. The van der Waals surface area contributed by atoms with Gasteiger partial charge in [-0.3, -0.25) is 4.98 Å². The smallest absolute Gasteiger partial charge is 0.0719 e.